The number of benzene rings is 2. The minimum atomic E-state index is -0.735. The molecule has 2 N–H and O–H groups in total. The highest BCUT2D eigenvalue weighted by molar-refractivity contribution is 5.75. The highest BCUT2D eigenvalue weighted by atomic mass is 16.4. The van der Waals surface area contributed by atoms with Gasteiger partial charge in [0.2, 0.25) is 0 Å². The first kappa shape index (κ1) is 20.9. The van der Waals surface area contributed by atoms with Crippen LogP contribution in [-0.2, 0) is 17.6 Å². The molecule has 30 heavy (non-hydrogen) atoms. The van der Waals surface area contributed by atoms with Crippen molar-refractivity contribution in [2.75, 3.05) is 25.0 Å². The number of nitrogens with zero attached hydrogens (tertiary/aromatic N) is 1. The average Bonchev–Trinajstić information content (AvgIpc) is 3.22. The highest BCUT2D eigenvalue weighted by Crippen LogP contribution is 2.30. The van der Waals surface area contributed by atoms with Crippen molar-refractivity contribution in [1.82, 2.24) is 4.90 Å². The number of aliphatic carboxylic acids is 1. The van der Waals surface area contributed by atoms with Gasteiger partial charge in [-0.25, -0.2) is 0 Å². The summed E-state index contributed by atoms with van der Waals surface area (Å²) in [6, 6.07) is 16.1. The largest absolute Gasteiger partial charge is 0.480 e. The molecule has 0 spiro atoms. The van der Waals surface area contributed by atoms with Crippen LogP contribution in [0.4, 0.5) is 5.69 Å². The lowest BCUT2D eigenvalue weighted by Crippen LogP contribution is -2.32. The number of likely N-dealkylation sites (tertiary alicyclic amines) is 1. The maximum atomic E-state index is 11.9. The van der Waals surface area contributed by atoms with Gasteiger partial charge in [0.05, 0.1) is 0 Å². The topological polar surface area (TPSA) is 52.6 Å². The van der Waals surface area contributed by atoms with E-state index in [0.29, 0.717) is 5.92 Å². The van der Waals surface area contributed by atoms with Crippen LogP contribution in [-0.4, -0.2) is 35.6 Å². The highest BCUT2D eigenvalue weighted by Gasteiger charge is 2.33. The van der Waals surface area contributed by atoms with Crippen LogP contribution in [0.3, 0.4) is 0 Å². The van der Waals surface area contributed by atoms with Crippen LogP contribution in [0, 0.1) is 5.92 Å². The zero-order valence-corrected chi connectivity index (χ0v) is 17.9. The summed E-state index contributed by atoms with van der Waals surface area (Å²) in [7, 11) is 0. The fraction of sp³-hybridized carbons (Fsp3) is 0.500. The van der Waals surface area contributed by atoms with Crippen LogP contribution in [0.2, 0.25) is 0 Å². The van der Waals surface area contributed by atoms with Crippen molar-refractivity contribution in [2.45, 2.75) is 57.4 Å². The van der Waals surface area contributed by atoms with Crippen molar-refractivity contribution < 1.29 is 9.90 Å². The quantitative estimate of drug-likeness (QED) is 0.555. The predicted molar refractivity (Wildman–Crippen MR) is 122 cm³/mol. The fourth-order valence-corrected chi connectivity index (χ4v) is 5.08. The number of nitrogens with one attached hydrogen (secondary N) is 1. The molecule has 2 heterocycles. The van der Waals surface area contributed by atoms with E-state index in [1.54, 1.807) is 0 Å². The molecular formula is C26H34N2O2. The molecule has 2 atom stereocenters. The van der Waals surface area contributed by atoms with Crippen molar-refractivity contribution in [3.8, 4) is 0 Å². The molecule has 0 aromatic heterocycles. The summed E-state index contributed by atoms with van der Waals surface area (Å²) < 4.78 is 0. The van der Waals surface area contributed by atoms with E-state index >= 15 is 0 Å². The molecule has 0 amide bonds. The number of fused-ring (bicyclic) bond motifs is 1. The molecule has 2 aromatic carbocycles. The monoisotopic (exact) mass is 406 g/mol. The summed E-state index contributed by atoms with van der Waals surface area (Å²) in [6.07, 6.45) is 9.65. The summed E-state index contributed by atoms with van der Waals surface area (Å²) in [5.74, 6) is -0.107. The number of carboxylic acids is 1. The first-order valence-corrected chi connectivity index (χ1v) is 11.6. The van der Waals surface area contributed by atoms with Crippen molar-refractivity contribution in [3.63, 3.8) is 0 Å². The summed E-state index contributed by atoms with van der Waals surface area (Å²) in [6.45, 7) is 2.89. The molecule has 0 unspecified atom stereocenters. The van der Waals surface area contributed by atoms with Gasteiger partial charge in [0.15, 0.2) is 0 Å². The van der Waals surface area contributed by atoms with E-state index < -0.39 is 12.0 Å². The lowest BCUT2D eigenvalue weighted by Gasteiger charge is -2.24. The molecule has 2 aromatic rings. The summed E-state index contributed by atoms with van der Waals surface area (Å²) in [5, 5.41) is 13.3. The van der Waals surface area contributed by atoms with E-state index in [1.807, 2.05) is 30.3 Å². The molecule has 0 bridgehead atoms. The normalized spacial score (nSPS) is 19.8. The number of carboxylic acid groups (broad SMARTS) is 1. The molecule has 4 heteroatoms. The Kier molecular flexibility index (Phi) is 7.06. The third-order valence-electron chi connectivity index (χ3n) is 6.72. The van der Waals surface area contributed by atoms with Crippen LogP contribution >= 0.6 is 0 Å². The van der Waals surface area contributed by atoms with E-state index in [1.165, 1.54) is 55.3 Å². The van der Waals surface area contributed by atoms with Crippen LogP contribution in [0.15, 0.2) is 48.5 Å². The standard InChI is InChI=1S/C26H34N2O2/c29-26(30)25(23-10-5-2-6-11-23)28-17-15-21(19-28)9-4-1-3-8-20-13-14-22-12-7-16-27-24(22)18-20/h2,5-6,10-11,13-14,18,21,25,27H,1,3-4,7-9,12,15-17,19H2,(H,29,30)/t21-,25+/m1/s1. The molecule has 1 saturated heterocycles. The number of rotatable bonds is 9. The molecule has 2 aliphatic rings. The van der Waals surface area contributed by atoms with Crippen LogP contribution < -0.4 is 5.32 Å². The predicted octanol–water partition coefficient (Wildman–Crippen LogP) is 5.30. The molecule has 4 rings (SSSR count). The van der Waals surface area contributed by atoms with Crippen molar-refractivity contribution in [3.05, 3.63) is 65.2 Å². The number of anilines is 1. The Bertz CT molecular complexity index is 836. The van der Waals surface area contributed by atoms with Gasteiger partial charge in [0.25, 0.3) is 0 Å². The van der Waals surface area contributed by atoms with Crippen molar-refractivity contribution in [1.29, 1.82) is 0 Å². The summed E-state index contributed by atoms with van der Waals surface area (Å²) in [5.41, 5.74) is 5.15. The molecule has 0 aliphatic carbocycles. The Morgan fingerprint density at radius 2 is 2.00 bits per heavy atom. The minimum Gasteiger partial charge on any atom is -0.480 e. The number of unbranched alkanes of at least 4 members (excludes halogenated alkanes) is 2. The Balaban J connectivity index is 1.19. The number of hydrogen-bond donors (Lipinski definition) is 2. The molecule has 4 nitrogen and oxygen atoms in total. The summed E-state index contributed by atoms with van der Waals surface area (Å²) >= 11 is 0. The molecule has 1 fully saturated rings. The van der Waals surface area contributed by atoms with Gasteiger partial charge in [0, 0.05) is 18.8 Å². The van der Waals surface area contributed by atoms with Gasteiger partial charge < -0.3 is 10.4 Å². The van der Waals surface area contributed by atoms with Crippen molar-refractivity contribution in [2.24, 2.45) is 5.92 Å². The SMILES string of the molecule is O=C(O)[C@H](c1ccccc1)N1CC[C@@H](CCCCCc2ccc3c(c2)NCCC3)C1. The van der Waals surface area contributed by atoms with Crippen LogP contribution in [0.5, 0.6) is 0 Å². The number of hydrogen-bond acceptors (Lipinski definition) is 3. The summed E-state index contributed by atoms with van der Waals surface area (Å²) in [4.78, 5) is 14.0. The second-order valence-electron chi connectivity index (χ2n) is 8.92. The van der Waals surface area contributed by atoms with Gasteiger partial charge in [-0.1, -0.05) is 55.3 Å². The van der Waals surface area contributed by atoms with E-state index in [2.05, 4.69) is 28.4 Å². The first-order valence-electron chi connectivity index (χ1n) is 11.6. The van der Waals surface area contributed by atoms with Gasteiger partial charge in [-0.3, -0.25) is 9.69 Å². The molecule has 2 aliphatic heterocycles. The van der Waals surface area contributed by atoms with E-state index in [-0.39, 0.29) is 0 Å². The Morgan fingerprint density at radius 1 is 1.13 bits per heavy atom. The number of carbonyl (C=O) groups is 1. The van der Waals surface area contributed by atoms with Crippen LogP contribution in [0.25, 0.3) is 0 Å². The zero-order chi connectivity index (χ0) is 20.8. The van der Waals surface area contributed by atoms with Gasteiger partial charge in [-0.2, -0.15) is 0 Å². The molecule has 0 radical (unpaired) electrons. The molecular weight excluding hydrogens is 372 g/mol. The second-order valence-corrected chi connectivity index (χ2v) is 8.92. The Hall–Kier alpha value is -2.33. The maximum absolute atomic E-state index is 11.9. The maximum Gasteiger partial charge on any atom is 0.325 e. The van der Waals surface area contributed by atoms with Gasteiger partial charge in [0.1, 0.15) is 6.04 Å². The van der Waals surface area contributed by atoms with E-state index in [4.69, 9.17) is 0 Å². The Labute approximate surface area is 180 Å². The lowest BCUT2D eigenvalue weighted by atomic mass is 9.97. The Morgan fingerprint density at radius 3 is 2.83 bits per heavy atom. The van der Waals surface area contributed by atoms with E-state index in [0.717, 1.165) is 38.0 Å². The third-order valence-corrected chi connectivity index (χ3v) is 6.72. The minimum absolute atomic E-state index is 0.506. The molecule has 160 valence electrons. The van der Waals surface area contributed by atoms with E-state index in [9.17, 15) is 9.90 Å². The fourth-order valence-electron chi connectivity index (χ4n) is 5.08. The smallest absolute Gasteiger partial charge is 0.325 e. The first-order chi connectivity index (χ1) is 14.7. The van der Waals surface area contributed by atoms with Crippen molar-refractivity contribution >= 4 is 11.7 Å². The number of aryl methyl sites for hydroxylation is 2. The van der Waals surface area contributed by atoms with Gasteiger partial charge >= 0.3 is 5.97 Å². The second kappa shape index (κ2) is 10.1. The third kappa shape index (κ3) is 5.23. The molecule has 0 saturated carbocycles. The average molecular weight is 407 g/mol. The lowest BCUT2D eigenvalue weighted by molar-refractivity contribution is -0.143. The van der Waals surface area contributed by atoms with Crippen LogP contribution in [0.1, 0.15) is 61.3 Å². The van der Waals surface area contributed by atoms with Gasteiger partial charge in [-0.05, 0) is 73.7 Å². The van der Waals surface area contributed by atoms with Gasteiger partial charge in [-0.15, -0.1) is 0 Å². The zero-order valence-electron chi connectivity index (χ0n) is 17.9.